The first-order chi connectivity index (χ1) is 9.70. The Labute approximate surface area is 118 Å². The van der Waals surface area contributed by atoms with Crippen molar-refractivity contribution in [1.29, 1.82) is 0 Å². The SMILES string of the molecule is CON(C)C(=O)c1cncc(C#Cc2ccccc2)c1. The van der Waals surface area contributed by atoms with Crippen LogP contribution in [0.1, 0.15) is 21.5 Å². The molecule has 0 atom stereocenters. The number of carbonyl (C=O) groups is 1. The third-order valence-corrected chi connectivity index (χ3v) is 2.67. The van der Waals surface area contributed by atoms with E-state index in [1.807, 2.05) is 30.3 Å². The number of pyridine rings is 1. The minimum Gasteiger partial charge on any atom is -0.274 e. The second-order valence-corrected chi connectivity index (χ2v) is 4.06. The zero-order chi connectivity index (χ0) is 14.4. The normalized spacial score (nSPS) is 9.50. The summed E-state index contributed by atoms with van der Waals surface area (Å²) >= 11 is 0. The zero-order valence-corrected chi connectivity index (χ0v) is 11.3. The molecule has 0 unspecified atom stereocenters. The van der Waals surface area contributed by atoms with Gasteiger partial charge in [0.15, 0.2) is 0 Å². The first-order valence-corrected chi connectivity index (χ1v) is 6.05. The van der Waals surface area contributed by atoms with E-state index in [9.17, 15) is 4.79 Å². The van der Waals surface area contributed by atoms with Crippen molar-refractivity contribution in [2.45, 2.75) is 0 Å². The molecule has 2 aromatic rings. The lowest BCUT2D eigenvalue weighted by molar-refractivity contribution is -0.0757. The second kappa shape index (κ2) is 6.50. The summed E-state index contributed by atoms with van der Waals surface area (Å²) < 4.78 is 0. The summed E-state index contributed by atoms with van der Waals surface area (Å²) in [6.07, 6.45) is 3.12. The molecule has 0 spiro atoms. The zero-order valence-electron chi connectivity index (χ0n) is 11.3. The Bertz CT molecular complexity index is 657. The Morgan fingerprint density at radius 2 is 1.85 bits per heavy atom. The smallest absolute Gasteiger partial charge is 0.274 e. The van der Waals surface area contributed by atoms with E-state index in [0.29, 0.717) is 11.1 Å². The Kier molecular flexibility index (Phi) is 4.48. The average Bonchev–Trinajstić information content (AvgIpc) is 2.52. The summed E-state index contributed by atoms with van der Waals surface area (Å²) in [7, 11) is 2.98. The minimum absolute atomic E-state index is 0.261. The van der Waals surface area contributed by atoms with Crippen LogP contribution < -0.4 is 0 Å². The maximum Gasteiger partial charge on any atom is 0.278 e. The summed E-state index contributed by atoms with van der Waals surface area (Å²) in [6, 6.07) is 11.3. The molecule has 100 valence electrons. The van der Waals surface area contributed by atoms with E-state index < -0.39 is 0 Å². The molecule has 1 amide bonds. The van der Waals surface area contributed by atoms with Gasteiger partial charge in [-0.3, -0.25) is 14.6 Å². The molecule has 0 saturated carbocycles. The Hall–Kier alpha value is -2.64. The second-order valence-electron chi connectivity index (χ2n) is 4.06. The van der Waals surface area contributed by atoms with Crippen molar-refractivity contribution in [3.05, 3.63) is 65.5 Å². The van der Waals surface area contributed by atoms with E-state index in [1.165, 1.54) is 13.3 Å². The molecule has 0 aliphatic carbocycles. The van der Waals surface area contributed by atoms with Crippen molar-refractivity contribution >= 4 is 5.91 Å². The molecule has 0 N–H and O–H groups in total. The van der Waals surface area contributed by atoms with Gasteiger partial charge in [-0.2, -0.15) is 0 Å². The topological polar surface area (TPSA) is 42.4 Å². The molecule has 0 aliphatic rings. The predicted molar refractivity (Wildman–Crippen MR) is 75.8 cm³/mol. The van der Waals surface area contributed by atoms with Crippen LogP contribution in [0.4, 0.5) is 0 Å². The van der Waals surface area contributed by atoms with Gasteiger partial charge in [-0.25, -0.2) is 5.06 Å². The quantitative estimate of drug-likeness (QED) is 0.617. The van der Waals surface area contributed by atoms with Gasteiger partial charge in [0.2, 0.25) is 0 Å². The molecule has 2 rings (SSSR count). The summed E-state index contributed by atoms with van der Waals surface area (Å²) in [5, 5.41) is 1.14. The Morgan fingerprint density at radius 3 is 2.55 bits per heavy atom. The number of hydrogen-bond donors (Lipinski definition) is 0. The molecule has 0 fully saturated rings. The summed E-state index contributed by atoms with van der Waals surface area (Å²) in [4.78, 5) is 20.8. The molecule has 4 nitrogen and oxygen atoms in total. The van der Waals surface area contributed by atoms with Crippen molar-refractivity contribution in [2.24, 2.45) is 0 Å². The highest BCUT2D eigenvalue weighted by atomic mass is 16.7. The lowest BCUT2D eigenvalue weighted by Gasteiger charge is -2.13. The minimum atomic E-state index is -0.261. The summed E-state index contributed by atoms with van der Waals surface area (Å²) in [5.74, 6) is 5.75. The number of hydrogen-bond acceptors (Lipinski definition) is 3. The monoisotopic (exact) mass is 266 g/mol. The number of carbonyl (C=O) groups excluding carboxylic acids is 1. The molecule has 1 aromatic carbocycles. The Balaban J connectivity index is 2.23. The first kappa shape index (κ1) is 13.8. The van der Waals surface area contributed by atoms with Crippen LogP contribution in [-0.2, 0) is 4.84 Å². The number of benzene rings is 1. The van der Waals surface area contributed by atoms with Crippen LogP contribution in [0.5, 0.6) is 0 Å². The van der Waals surface area contributed by atoms with Crippen molar-refractivity contribution < 1.29 is 9.63 Å². The fourth-order valence-corrected chi connectivity index (χ4v) is 1.56. The first-order valence-electron chi connectivity index (χ1n) is 6.05. The molecular formula is C16H14N2O2. The van der Waals surface area contributed by atoms with Gasteiger partial charge >= 0.3 is 0 Å². The van der Waals surface area contributed by atoms with Crippen molar-refractivity contribution in [2.75, 3.05) is 14.2 Å². The van der Waals surface area contributed by atoms with Crippen molar-refractivity contribution in [3.63, 3.8) is 0 Å². The molecule has 0 saturated heterocycles. The van der Waals surface area contributed by atoms with Gasteiger partial charge in [-0.1, -0.05) is 30.0 Å². The molecular weight excluding hydrogens is 252 g/mol. The van der Waals surface area contributed by atoms with Gasteiger partial charge in [0.25, 0.3) is 5.91 Å². The highest BCUT2D eigenvalue weighted by molar-refractivity contribution is 5.93. The summed E-state index contributed by atoms with van der Waals surface area (Å²) in [5.41, 5.74) is 2.04. The van der Waals surface area contributed by atoms with Gasteiger partial charge in [-0.05, 0) is 18.2 Å². The third-order valence-electron chi connectivity index (χ3n) is 2.67. The summed E-state index contributed by atoms with van der Waals surface area (Å²) in [6.45, 7) is 0. The van der Waals surface area contributed by atoms with Crippen LogP contribution in [-0.4, -0.2) is 30.1 Å². The van der Waals surface area contributed by atoms with E-state index in [2.05, 4.69) is 16.8 Å². The molecule has 0 radical (unpaired) electrons. The molecule has 4 heteroatoms. The maximum atomic E-state index is 11.9. The molecule has 1 aromatic heterocycles. The van der Waals surface area contributed by atoms with Crippen LogP contribution in [0.15, 0.2) is 48.8 Å². The van der Waals surface area contributed by atoms with Crippen molar-refractivity contribution in [1.82, 2.24) is 10.0 Å². The predicted octanol–water partition coefficient (Wildman–Crippen LogP) is 2.11. The van der Waals surface area contributed by atoms with E-state index in [1.54, 1.807) is 19.3 Å². The highest BCUT2D eigenvalue weighted by Crippen LogP contribution is 2.05. The number of aromatic nitrogens is 1. The van der Waals surface area contributed by atoms with Crippen LogP contribution in [0.25, 0.3) is 0 Å². The van der Waals surface area contributed by atoms with Crippen LogP contribution in [0, 0.1) is 11.8 Å². The van der Waals surface area contributed by atoms with E-state index in [0.717, 1.165) is 10.6 Å². The number of rotatable bonds is 2. The van der Waals surface area contributed by atoms with E-state index in [4.69, 9.17) is 4.84 Å². The molecule has 0 bridgehead atoms. The van der Waals surface area contributed by atoms with Gasteiger partial charge in [0.1, 0.15) is 0 Å². The lowest BCUT2D eigenvalue weighted by atomic mass is 10.1. The number of hydroxylamine groups is 2. The van der Waals surface area contributed by atoms with Crippen molar-refractivity contribution in [3.8, 4) is 11.8 Å². The van der Waals surface area contributed by atoms with Gasteiger partial charge in [0, 0.05) is 30.6 Å². The van der Waals surface area contributed by atoms with E-state index >= 15 is 0 Å². The third kappa shape index (κ3) is 3.44. The number of amides is 1. The van der Waals surface area contributed by atoms with Crippen LogP contribution >= 0.6 is 0 Å². The standard InChI is InChI=1S/C16H14N2O2/c1-18(20-2)16(19)15-10-14(11-17-12-15)9-8-13-6-4-3-5-7-13/h3-7,10-12H,1-2H3. The largest absolute Gasteiger partial charge is 0.278 e. The molecule has 20 heavy (non-hydrogen) atoms. The van der Waals surface area contributed by atoms with Crippen LogP contribution in [0.3, 0.4) is 0 Å². The van der Waals surface area contributed by atoms with Gasteiger partial charge < -0.3 is 0 Å². The molecule has 1 heterocycles. The molecule has 0 aliphatic heterocycles. The maximum absolute atomic E-state index is 11.9. The Morgan fingerprint density at radius 1 is 1.15 bits per heavy atom. The average molecular weight is 266 g/mol. The van der Waals surface area contributed by atoms with E-state index in [-0.39, 0.29) is 5.91 Å². The fourth-order valence-electron chi connectivity index (χ4n) is 1.56. The van der Waals surface area contributed by atoms with Gasteiger partial charge in [0.05, 0.1) is 12.7 Å². The number of nitrogens with zero attached hydrogens (tertiary/aromatic N) is 2. The lowest BCUT2D eigenvalue weighted by Crippen LogP contribution is -2.25. The van der Waals surface area contributed by atoms with Gasteiger partial charge in [-0.15, -0.1) is 0 Å². The fraction of sp³-hybridized carbons (Fsp3) is 0.125. The van der Waals surface area contributed by atoms with Crippen LogP contribution in [0.2, 0.25) is 0 Å². The highest BCUT2D eigenvalue weighted by Gasteiger charge is 2.11.